The Morgan fingerprint density at radius 3 is 2.21 bits per heavy atom. The van der Waals surface area contributed by atoms with Crippen molar-refractivity contribution in [3.8, 4) is 6.07 Å². The molecule has 72 valence electrons. The van der Waals surface area contributed by atoms with E-state index in [1.54, 1.807) is 25.1 Å². The summed E-state index contributed by atoms with van der Waals surface area (Å²) in [5.74, 6) is 0. The average Bonchev–Trinajstić information content (AvgIpc) is 2.14. The lowest BCUT2D eigenvalue weighted by Crippen LogP contribution is -1.99. The minimum Gasteiger partial charge on any atom is -0.397 e. The van der Waals surface area contributed by atoms with Crippen molar-refractivity contribution in [2.45, 2.75) is 6.92 Å². The van der Waals surface area contributed by atoms with E-state index in [0.717, 1.165) is 0 Å². The van der Waals surface area contributed by atoms with Gasteiger partial charge < -0.3 is 5.73 Å². The van der Waals surface area contributed by atoms with Gasteiger partial charge in [-0.1, -0.05) is 23.2 Å². The molecule has 0 radical (unpaired) electrons. The van der Waals surface area contributed by atoms with Crippen molar-refractivity contribution in [1.29, 1.82) is 5.26 Å². The molecule has 1 aromatic carbocycles. The maximum absolute atomic E-state index is 8.65. The minimum absolute atomic E-state index is 0.400. The summed E-state index contributed by atoms with van der Waals surface area (Å²) in [5.41, 5.74) is 7.24. The molecule has 0 unspecified atom stereocenters. The third-order valence-electron chi connectivity index (χ3n) is 1.75. The molecule has 1 aromatic rings. The molecule has 0 heterocycles. The highest BCUT2D eigenvalue weighted by molar-refractivity contribution is 6.34. The van der Waals surface area contributed by atoms with E-state index in [2.05, 4.69) is 0 Å². The monoisotopic (exact) mass is 226 g/mol. The largest absolute Gasteiger partial charge is 0.397 e. The lowest BCUT2D eigenvalue weighted by Gasteiger charge is -2.04. The van der Waals surface area contributed by atoms with Gasteiger partial charge in [0, 0.05) is 21.2 Å². The first-order valence-electron chi connectivity index (χ1n) is 3.87. The summed E-state index contributed by atoms with van der Waals surface area (Å²) in [4.78, 5) is 0. The SMILES string of the molecule is C/C(C#N)=C(/N)c1cc(Cl)cc(Cl)c1. The van der Waals surface area contributed by atoms with Gasteiger partial charge in [-0.05, 0) is 25.1 Å². The average molecular weight is 227 g/mol. The first-order valence-corrected chi connectivity index (χ1v) is 4.63. The highest BCUT2D eigenvalue weighted by Crippen LogP contribution is 2.23. The standard InChI is InChI=1S/C10H8Cl2N2/c1-6(5-13)10(14)7-2-8(11)4-9(12)3-7/h2-4H,14H2,1H3/b10-6-. The quantitative estimate of drug-likeness (QED) is 0.749. The molecule has 0 aromatic heterocycles. The third kappa shape index (κ3) is 2.41. The van der Waals surface area contributed by atoms with Crippen LogP contribution in [0.3, 0.4) is 0 Å². The first kappa shape index (κ1) is 10.9. The number of benzene rings is 1. The van der Waals surface area contributed by atoms with Crippen molar-refractivity contribution >= 4 is 28.9 Å². The van der Waals surface area contributed by atoms with Crippen LogP contribution in [0.1, 0.15) is 12.5 Å². The van der Waals surface area contributed by atoms with E-state index in [1.807, 2.05) is 6.07 Å². The number of nitrogens with two attached hydrogens (primary N) is 1. The molecular formula is C10H8Cl2N2. The number of allylic oxidation sites excluding steroid dienone is 1. The predicted octanol–water partition coefficient (Wildman–Crippen LogP) is 3.21. The second kappa shape index (κ2) is 4.36. The molecule has 0 amide bonds. The molecule has 0 saturated carbocycles. The highest BCUT2D eigenvalue weighted by Gasteiger charge is 2.03. The van der Waals surface area contributed by atoms with Crippen LogP contribution in [-0.2, 0) is 0 Å². The van der Waals surface area contributed by atoms with Crippen LogP contribution in [0.25, 0.3) is 5.70 Å². The van der Waals surface area contributed by atoms with Gasteiger partial charge in [0.25, 0.3) is 0 Å². The van der Waals surface area contributed by atoms with Crippen LogP contribution in [0.2, 0.25) is 10.0 Å². The molecule has 0 aliphatic carbocycles. The first-order chi connectivity index (χ1) is 6.54. The Morgan fingerprint density at radius 2 is 1.79 bits per heavy atom. The number of halogens is 2. The van der Waals surface area contributed by atoms with Gasteiger partial charge in [0.15, 0.2) is 0 Å². The second-order valence-electron chi connectivity index (χ2n) is 2.81. The van der Waals surface area contributed by atoms with Gasteiger partial charge in [0.1, 0.15) is 0 Å². The minimum atomic E-state index is 0.400. The Kier molecular flexibility index (Phi) is 3.40. The van der Waals surface area contributed by atoms with Gasteiger partial charge in [-0.15, -0.1) is 0 Å². The molecule has 0 aliphatic rings. The Morgan fingerprint density at radius 1 is 1.29 bits per heavy atom. The highest BCUT2D eigenvalue weighted by atomic mass is 35.5. The zero-order valence-corrected chi connectivity index (χ0v) is 9.02. The van der Waals surface area contributed by atoms with Crippen LogP contribution < -0.4 is 5.73 Å². The van der Waals surface area contributed by atoms with E-state index < -0.39 is 0 Å². The van der Waals surface area contributed by atoms with Gasteiger partial charge in [-0.2, -0.15) is 5.26 Å². The van der Waals surface area contributed by atoms with E-state index >= 15 is 0 Å². The van der Waals surface area contributed by atoms with Gasteiger partial charge in [0.05, 0.1) is 11.8 Å². The van der Waals surface area contributed by atoms with Crippen molar-refractivity contribution < 1.29 is 0 Å². The van der Waals surface area contributed by atoms with Crippen molar-refractivity contribution in [3.63, 3.8) is 0 Å². The van der Waals surface area contributed by atoms with Crippen LogP contribution in [0.15, 0.2) is 23.8 Å². The van der Waals surface area contributed by atoms with E-state index in [0.29, 0.717) is 26.9 Å². The summed E-state index contributed by atoms with van der Waals surface area (Å²) in [6, 6.07) is 6.92. The Balaban J connectivity index is 3.28. The van der Waals surface area contributed by atoms with Gasteiger partial charge >= 0.3 is 0 Å². The number of nitriles is 1. The van der Waals surface area contributed by atoms with Crippen molar-refractivity contribution in [2.75, 3.05) is 0 Å². The molecule has 0 bridgehead atoms. The summed E-state index contributed by atoms with van der Waals surface area (Å²) in [6.07, 6.45) is 0. The van der Waals surface area contributed by atoms with Crippen LogP contribution in [-0.4, -0.2) is 0 Å². The summed E-state index contributed by atoms with van der Waals surface area (Å²) in [6.45, 7) is 1.64. The van der Waals surface area contributed by atoms with E-state index in [-0.39, 0.29) is 0 Å². The third-order valence-corrected chi connectivity index (χ3v) is 2.18. The van der Waals surface area contributed by atoms with E-state index in [1.165, 1.54) is 0 Å². The zero-order chi connectivity index (χ0) is 10.7. The summed E-state index contributed by atoms with van der Waals surface area (Å²) < 4.78 is 0. The lowest BCUT2D eigenvalue weighted by molar-refractivity contribution is 1.39. The summed E-state index contributed by atoms with van der Waals surface area (Å²) in [5, 5.41) is 9.65. The molecule has 2 N–H and O–H groups in total. The van der Waals surface area contributed by atoms with Crippen molar-refractivity contribution in [3.05, 3.63) is 39.4 Å². The van der Waals surface area contributed by atoms with Crippen molar-refractivity contribution in [1.82, 2.24) is 0 Å². The molecule has 1 rings (SSSR count). The Hall–Kier alpha value is -1.17. The molecule has 0 aliphatic heterocycles. The number of rotatable bonds is 1. The molecule has 0 saturated heterocycles. The lowest BCUT2D eigenvalue weighted by atomic mass is 10.1. The normalized spacial score (nSPS) is 11.9. The summed E-state index contributed by atoms with van der Waals surface area (Å²) >= 11 is 11.6. The van der Waals surface area contributed by atoms with Gasteiger partial charge in [-0.25, -0.2) is 0 Å². The second-order valence-corrected chi connectivity index (χ2v) is 3.68. The molecule has 0 spiro atoms. The predicted molar refractivity (Wildman–Crippen MR) is 58.9 cm³/mol. The molecular weight excluding hydrogens is 219 g/mol. The maximum Gasteiger partial charge on any atom is 0.0965 e. The van der Waals surface area contributed by atoms with Gasteiger partial charge in [-0.3, -0.25) is 0 Å². The van der Waals surface area contributed by atoms with Crippen LogP contribution in [0.4, 0.5) is 0 Å². The maximum atomic E-state index is 8.65. The zero-order valence-electron chi connectivity index (χ0n) is 7.51. The smallest absolute Gasteiger partial charge is 0.0965 e. The van der Waals surface area contributed by atoms with E-state index in [9.17, 15) is 0 Å². The molecule has 14 heavy (non-hydrogen) atoms. The van der Waals surface area contributed by atoms with Crippen LogP contribution in [0.5, 0.6) is 0 Å². The van der Waals surface area contributed by atoms with Crippen molar-refractivity contribution in [2.24, 2.45) is 5.73 Å². The number of hydrogen-bond donors (Lipinski definition) is 1. The van der Waals surface area contributed by atoms with Crippen LogP contribution >= 0.6 is 23.2 Å². The van der Waals surface area contributed by atoms with Crippen LogP contribution in [0, 0.1) is 11.3 Å². The molecule has 2 nitrogen and oxygen atoms in total. The molecule has 0 fully saturated rings. The molecule has 4 heteroatoms. The Labute approximate surface area is 92.5 Å². The number of hydrogen-bond acceptors (Lipinski definition) is 2. The molecule has 0 atom stereocenters. The fourth-order valence-corrected chi connectivity index (χ4v) is 1.51. The Bertz CT molecular complexity index is 410. The fraction of sp³-hybridized carbons (Fsp3) is 0.100. The summed E-state index contributed by atoms with van der Waals surface area (Å²) in [7, 11) is 0. The van der Waals surface area contributed by atoms with E-state index in [4.69, 9.17) is 34.2 Å². The van der Waals surface area contributed by atoms with Gasteiger partial charge in [0.2, 0.25) is 0 Å². The number of nitrogens with zero attached hydrogens (tertiary/aromatic N) is 1. The topological polar surface area (TPSA) is 49.8 Å². The fourth-order valence-electron chi connectivity index (χ4n) is 0.986.